The highest BCUT2D eigenvalue weighted by Gasteiger charge is 2.15. The van der Waals surface area contributed by atoms with Crippen LogP contribution in [0.5, 0.6) is 0 Å². The molecule has 3 rings (SSSR count). The number of hydrogen-bond acceptors (Lipinski definition) is 2. The van der Waals surface area contributed by atoms with Gasteiger partial charge in [0.25, 0.3) is 0 Å². The van der Waals surface area contributed by atoms with Crippen molar-refractivity contribution in [2.24, 2.45) is 4.99 Å². The molecule has 0 atom stereocenters. The maximum atomic E-state index is 4.71. The summed E-state index contributed by atoms with van der Waals surface area (Å²) in [6.07, 6.45) is 5.17. The molecule has 0 saturated carbocycles. The SMILES string of the molecule is c1ccc(N=C2CCCc3cccnc32)cc1. The molecule has 0 N–H and O–H groups in total. The van der Waals surface area contributed by atoms with Crippen molar-refractivity contribution < 1.29 is 0 Å². The van der Waals surface area contributed by atoms with Crippen LogP contribution >= 0.6 is 0 Å². The van der Waals surface area contributed by atoms with Gasteiger partial charge in [-0.2, -0.15) is 0 Å². The van der Waals surface area contributed by atoms with Gasteiger partial charge in [0, 0.05) is 6.20 Å². The Labute approximate surface area is 101 Å². The zero-order valence-electron chi connectivity index (χ0n) is 9.63. The van der Waals surface area contributed by atoms with Crippen LogP contribution in [0, 0.1) is 0 Å². The molecular formula is C15H14N2. The minimum absolute atomic E-state index is 1.01. The summed E-state index contributed by atoms with van der Waals surface area (Å²) in [5, 5.41) is 0. The second-order valence-electron chi connectivity index (χ2n) is 4.26. The minimum Gasteiger partial charge on any atom is -0.255 e. The van der Waals surface area contributed by atoms with E-state index in [0.717, 1.165) is 29.9 Å². The molecule has 0 saturated heterocycles. The molecule has 0 unspecified atom stereocenters. The molecule has 0 aliphatic heterocycles. The van der Waals surface area contributed by atoms with E-state index < -0.39 is 0 Å². The van der Waals surface area contributed by atoms with Crippen LogP contribution in [0.3, 0.4) is 0 Å². The standard InChI is InChI=1S/C15H14N2/c1-2-8-13(9-3-1)17-14-10-4-6-12-7-5-11-16-15(12)14/h1-3,5,7-9,11H,4,6,10H2. The number of rotatable bonds is 1. The molecule has 1 aromatic carbocycles. The van der Waals surface area contributed by atoms with E-state index in [1.807, 2.05) is 42.6 Å². The predicted octanol–water partition coefficient (Wildman–Crippen LogP) is 3.54. The first-order valence-corrected chi connectivity index (χ1v) is 6.00. The number of benzene rings is 1. The van der Waals surface area contributed by atoms with Crippen LogP contribution in [0.15, 0.2) is 53.7 Å². The molecule has 17 heavy (non-hydrogen) atoms. The molecule has 2 heteroatoms. The van der Waals surface area contributed by atoms with Gasteiger partial charge in [0.2, 0.25) is 0 Å². The Hall–Kier alpha value is -1.96. The van der Waals surface area contributed by atoms with Crippen LogP contribution in [0.2, 0.25) is 0 Å². The third-order valence-electron chi connectivity index (χ3n) is 3.04. The van der Waals surface area contributed by atoms with E-state index in [0.29, 0.717) is 0 Å². The Balaban J connectivity index is 2.03. The molecule has 0 amide bonds. The van der Waals surface area contributed by atoms with Gasteiger partial charge in [-0.05, 0) is 43.0 Å². The molecular weight excluding hydrogens is 208 g/mol. The fraction of sp³-hybridized carbons (Fsp3) is 0.200. The third-order valence-corrected chi connectivity index (χ3v) is 3.04. The molecule has 0 bridgehead atoms. The van der Waals surface area contributed by atoms with Crippen molar-refractivity contribution in [1.29, 1.82) is 0 Å². The van der Waals surface area contributed by atoms with E-state index in [1.54, 1.807) is 0 Å². The van der Waals surface area contributed by atoms with Crippen molar-refractivity contribution in [3.8, 4) is 0 Å². The molecule has 1 aliphatic rings. The molecule has 0 spiro atoms. The van der Waals surface area contributed by atoms with Crippen molar-refractivity contribution >= 4 is 11.4 Å². The number of aryl methyl sites for hydroxylation is 1. The fourth-order valence-corrected chi connectivity index (χ4v) is 2.23. The number of hydrogen-bond donors (Lipinski definition) is 0. The number of fused-ring (bicyclic) bond motifs is 1. The first-order chi connectivity index (χ1) is 8.43. The second kappa shape index (κ2) is 4.50. The highest BCUT2D eigenvalue weighted by Crippen LogP contribution is 2.22. The van der Waals surface area contributed by atoms with Crippen LogP contribution in [0.1, 0.15) is 24.1 Å². The second-order valence-corrected chi connectivity index (χ2v) is 4.26. The van der Waals surface area contributed by atoms with Gasteiger partial charge in [0.05, 0.1) is 17.1 Å². The highest BCUT2D eigenvalue weighted by atomic mass is 14.8. The van der Waals surface area contributed by atoms with E-state index in [9.17, 15) is 0 Å². The van der Waals surface area contributed by atoms with Crippen LogP contribution in [0.25, 0.3) is 0 Å². The summed E-state index contributed by atoms with van der Waals surface area (Å²) in [5.41, 5.74) is 4.55. The van der Waals surface area contributed by atoms with Crippen LogP contribution in [0.4, 0.5) is 5.69 Å². The average Bonchev–Trinajstić information content (AvgIpc) is 2.40. The lowest BCUT2D eigenvalue weighted by Crippen LogP contribution is -2.13. The topological polar surface area (TPSA) is 25.2 Å². The van der Waals surface area contributed by atoms with E-state index in [1.165, 1.54) is 12.0 Å². The van der Waals surface area contributed by atoms with E-state index >= 15 is 0 Å². The summed E-state index contributed by atoms with van der Waals surface area (Å²) >= 11 is 0. The summed E-state index contributed by atoms with van der Waals surface area (Å²) in [7, 11) is 0. The van der Waals surface area contributed by atoms with Crippen molar-refractivity contribution in [3.63, 3.8) is 0 Å². The zero-order chi connectivity index (χ0) is 11.5. The lowest BCUT2D eigenvalue weighted by atomic mass is 9.94. The molecule has 0 radical (unpaired) electrons. The quantitative estimate of drug-likeness (QED) is 0.724. The lowest BCUT2D eigenvalue weighted by molar-refractivity contribution is 0.826. The van der Waals surface area contributed by atoms with Crippen molar-refractivity contribution in [2.45, 2.75) is 19.3 Å². The smallest absolute Gasteiger partial charge is 0.0876 e. The average molecular weight is 222 g/mol. The molecule has 0 fully saturated rings. The zero-order valence-corrected chi connectivity index (χ0v) is 9.63. The van der Waals surface area contributed by atoms with Crippen molar-refractivity contribution in [2.75, 3.05) is 0 Å². The summed E-state index contributed by atoms with van der Waals surface area (Å²) in [6.45, 7) is 0. The van der Waals surface area contributed by atoms with Crippen LogP contribution in [-0.2, 0) is 6.42 Å². The minimum atomic E-state index is 1.01. The van der Waals surface area contributed by atoms with Gasteiger partial charge in [0.15, 0.2) is 0 Å². The van der Waals surface area contributed by atoms with Gasteiger partial charge in [-0.3, -0.25) is 9.98 Å². The first-order valence-electron chi connectivity index (χ1n) is 6.00. The Morgan fingerprint density at radius 1 is 0.941 bits per heavy atom. The van der Waals surface area contributed by atoms with Gasteiger partial charge in [-0.25, -0.2) is 0 Å². The number of aromatic nitrogens is 1. The molecule has 1 aromatic heterocycles. The largest absolute Gasteiger partial charge is 0.255 e. The first kappa shape index (κ1) is 10.2. The normalized spacial score (nSPS) is 16.8. The summed E-state index contributed by atoms with van der Waals surface area (Å²) < 4.78 is 0. The number of nitrogens with zero attached hydrogens (tertiary/aromatic N) is 2. The number of pyridine rings is 1. The Morgan fingerprint density at radius 3 is 2.71 bits per heavy atom. The fourth-order valence-electron chi connectivity index (χ4n) is 2.23. The maximum absolute atomic E-state index is 4.71. The Morgan fingerprint density at radius 2 is 1.82 bits per heavy atom. The Kier molecular flexibility index (Phi) is 2.70. The van der Waals surface area contributed by atoms with Gasteiger partial charge >= 0.3 is 0 Å². The monoisotopic (exact) mass is 222 g/mol. The van der Waals surface area contributed by atoms with Crippen molar-refractivity contribution in [1.82, 2.24) is 4.98 Å². The van der Waals surface area contributed by atoms with Gasteiger partial charge in [-0.1, -0.05) is 24.3 Å². The summed E-state index contributed by atoms with van der Waals surface area (Å²) in [4.78, 5) is 9.18. The highest BCUT2D eigenvalue weighted by molar-refractivity contribution is 6.02. The van der Waals surface area contributed by atoms with Gasteiger partial charge < -0.3 is 0 Å². The van der Waals surface area contributed by atoms with E-state index in [2.05, 4.69) is 11.1 Å². The van der Waals surface area contributed by atoms with Crippen LogP contribution < -0.4 is 0 Å². The molecule has 84 valence electrons. The number of para-hydroxylation sites is 1. The number of aliphatic imine (C=N–C) groups is 1. The third kappa shape index (κ3) is 2.11. The van der Waals surface area contributed by atoms with E-state index in [4.69, 9.17) is 4.99 Å². The van der Waals surface area contributed by atoms with Gasteiger partial charge in [-0.15, -0.1) is 0 Å². The van der Waals surface area contributed by atoms with Crippen molar-refractivity contribution in [3.05, 3.63) is 59.9 Å². The summed E-state index contributed by atoms with van der Waals surface area (Å²) in [6, 6.07) is 14.3. The van der Waals surface area contributed by atoms with E-state index in [-0.39, 0.29) is 0 Å². The summed E-state index contributed by atoms with van der Waals surface area (Å²) in [5.74, 6) is 0. The molecule has 1 aliphatic carbocycles. The maximum Gasteiger partial charge on any atom is 0.0876 e. The molecule has 2 aromatic rings. The lowest BCUT2D eigenvalue weighted by Gasteiger charge is -2.16. The Bertz CT molecular complexity index is 544. The van der Waals surface area contributed by atoms with Gasteiger partial charge in [0.1, 0.15) is 0 Å². The molecule has 2 nitrogen and oxygen atoms in total. The predicted molar refractivity (Wildman–Crippen MR) is 69.8 cm³/mol. The molecule has 1 heterocycles. The van der Waals surface area contributed by atoms with Crippen LogP contribution in [-0.4, -0.2) is 10.7 Å².